The molecule has 0 radical (unpaired) electrons. The molecule has 0 saturated heterocycles. The van der Waals surface area contributed by atoms with Gasteiger partial charge in [0.1, 0.15) is 0 Å². The molecule has 0 fully saturated rings. The molecule has 1 aliphatic heterocycles. The average Bonchev–Trinajstić information content (AvgIpc) is 3.59. The maximum atomic E-state index is 2.84. The summed E-state index contributed by atoms with van der Waals surface area (Å²) in [5.74, 6) is 0. The van der Waals surface area contributed by atoms with Gasteiger partial charge in [0.25, 0.3) is 0 Å². The number of hydrogen-bond donors (Lipinski definition) is 0. The average molecular weight is 756 g/mol. The summed E-state index contributed by atoms with van der Waals surface area (Å²) >= 11 is -3.07. The number of fused-ring (bicyclic) bond motifs is 8. The van der Waals surface area contributed by atoms with Gasteiger partial charge in [-0.3, -0.25) is 0 Å². The third-order valence-electron chi connectivity index (χ3n) is 12.6. The Morgan fingerprint density at radius 1 is 0.540 bits per heavy atom. The van der Waals surface area contributed by atoms with E-state index in [1.165, 1.54) is 59.1 Å². The van der Waals surface area contributed by atoms with Crippen molar-refractivity contribution in [2.24, 2.45) is 0 Å². The molecule has 2 heteroatoms. The van der Waals surface area contributed by atoms with Gasteiger partial charge in [-0.2, -0.15) is 0 Å². The fraction of sp³-hybridized carbons (Fsp3) is 0.417. The third-order valence-corrected chi connectivity index (χ3v) is 26.8. The Kier molecular flexibility index (Phi) is 9.00. The topological polar surface area (TPSA) is 0 Å². The Bertz CT molecular complexity index is 1870. The third kappa shape index (κ3) is 5.53. The summed E-state index contributed by atoms with van der Waals surface area (Å²) in [6.45, 7) is 24.3. The second kappa shape index (κ2) is 12.6. The van der Waals surface area contributed by atoms with Crippen LogP contribution in [0.2, 0.25) is 22.4 Å². The monoisotopic (exact) mass is 754 g/mol. The molecule has 2 atom stereocenters. The number of allylic oxidation sites excluding steroid dienone is 2. The molecule has 0 nitrogen and oxygen atoms in total. The summed E-state index contributed by atoms with van der Waals surface area (Å²) in [5, 5.41) is 3.60. The van der Waals surface area contributed by atoms with Crippen molar-refractivity contribution in [3.05, 3.63) is 129 Å². The SMILES string of the molecule is CCCC1=C2c3c(-c4ccc(C(C)(C)C)cc4)cccc3[CH]1[Zr]([CH3])([CH3])[CH]1C(CCC)=C(c3c(-c4ccc(C(C)(C)C)cc4)cccc31)[Si]2(C)C. The van der Waals surface area contributed by atoms with E-state index in [0.29, 0.717) is 7.25 Å². The van der Waals surface area contributed by atoms with E-state index in [9.17, 15) is 0 Å². The van der Waals surface area contributed by atoms with Crippen molar-refractivity contribution in [2.75, 3.05) is 0 Å². The zero-order chi connectivity index (χ0) is 36.0. The minimum atomic E-state index is -3.07. The van der Waals surface area contributed by atoms with Crippen molar-refractivity contribution in [2.45, 2.75) is 122 Å². The van der Waals surface area contributed by atoms with Gasteiger partial charge in [0.2, 0.25) is 0 Å². The van der Waals surface area contributed by atoms with Crippen LogP contribution in [0.15, 0.2) is 96.1 Å². The van der Waals surface area contributed by atoms with Crippen LogP contribution < -0.4 is 0 Å². The molecule has 50 heavy (non-hydrogen) atoms. The minimum absolute atomic E-state index is 0.146. The molecule has 4 bridgehead atoms. The van der Waals surface area contributed by atoms with E-state index >= 15 is 0 Å². The Balaban J connectivity index is 1.52. The van der Waals surface area contributed by atoms with Crippen molar-refractivity contribution in [1.29, 1.82) is 0 Å². The molecule has 0 saturated carbocycles. The van der Waals surface area contributed by atoms with Gasteiger partial charge >= 0.3 is 312 Å². The Labute approximate surface area is 309 Å². The maximum absolute atomic E-state index is 3.07. The zero-order valence-electron chi connectivity index (χ0n) is 33.1. The van der Waals surface area contributed by atoms with Crippen molar-refractivity contribution >= 4 is 18.5 Å². The Morgan fingerprint density at radius 2 is 0.900 bits per heavy atom. The van der Waals surface area contributed by atoms with Crippen LogP contribution in [0.1, 0.15) is 122 Å². The van der Waals surface area contributed by atoms with E-state index in [1.807, 2.05) is 11.1 Å². The summed E-state index contributed by atoms with van der Waals surface area (Å²) in [6, 6.07) is 34.1. The molecule has 2 unspecified atom stereocenters. The fourth-order valence-electron chi connectivity index (χ4n) is 10.4. The molecule has 260 valence electrons. The second-order valence-corrected chi connectivity index (χ2v) is 34.8. The van der Waals surface area contributed by atoms with Crippen molar-refractivity contribution in [3.63, 3.8) is 0 Å². The van der Waals surface area contributed by atoms with E-state index < -0.39 is 28.3 Å². The second-order valence-electron chi connectivity index (χ2n) is 18.8. The Morgan fingerprint density at radius 3 is 1.22 bits per heavy atom. The van der Waals surface area contributed by atoms with Crippen molar-refractivity contribution in [3.8, 4) is 22.3 Å². The van der Waals surface area contributed by atoms with Gasteiger partial charge in [0.15, 0.2) is 0 Å². The van der Waals surface area contributed by atoms with Crippen molar-refractivity contribution < 1.29 is 20.3 Å². The van der Waals surface area contributed by atoms with Gasteiger partial charge in [0, 0.05) is 0 Å². The van der Waals surface area contributed by atoms with Crippen LogP contribution in [0, 0.1) is 0 Å². The van der Waals surface area contributed by atoms with Crippen LogP contribution in [-0.2, 0) is 31.1 Å². The molecular weight excluding hydrogens is 696 g/mol. The molecule has 0 spiro atoms. The molecular formula is C48H60SiZr. The van der Waals surface area contributed by atoms with Gasteiger partial charge in [0.05, 0.1) is 0 Å². The predicted octanol–water partition coefficient (Wildman–Crippen LogP) is 14.6. The summed E-state index contributed by atoms with van der Waals surface area (Å²) in [7, 11) is -2.23. The first-order valence-corrected chi connectivity index (χ1v) is 30.2. The van der Waals surface area contributed by atoms with Crippen LogP contribution in [-0.4, -0.2) is 8.07 Å². The standard InChI is InChI=1S/C46H54Si.2CH3.Zr/c1-11-15-35-29-33-17-13-19-39(31-21-25-37(26-22-31)45(3,4)5)41(33)43(35)47(9,10)44-36(16-12-2)30-34-18-14-20-40(42(34)44)32-23-27-38(28-24-32)46(6,7)8;;;/h13-14,17-30H,11-12,15-16H2,1-10H3;2*1H3;. The molecule has 4 aromatic carbocycles. The molecule has 7 rings (SSSR count). The van der Waals surface area contributed by atoms with Crippen LogP contribution in [0.3, 0.4) is 0 Å². The van der Waals surface area contributed by atoms with Crippen LogP contribution >= 0.6 is 0 Å². The summed E-state index contributed by atoms with van der Waals surface area (Å²) in [4.78, 5) is 0. The van der Waals surface area contributed by atoms with Gasteiger partial charge < -0.3 is 0 Å². The van der Waals surface area contributed by atoms with Gasteiger partial charge in [-0.05, 0) is 0 Å². The van der Waals surface area contributed by atoms with Crippen molar-refractivity contribution in [1.82, 2.24) is 0 Å². The summed E-state index contributed by atoms with van der Waals surface area (Å²) in [6.07, 6.45) is 4.90. The first-order chi connectivity index (χ1) is 23.5. The molecule has 1 heterocycles. The summed E-state index contributed by atoms with van der Waals surface area (Å²) < 4.78 is 6.91. The molecule has 3 aliphatic rings. The number of rotatable bonds is 6. The van der Waals surface area contributed by atoms with Crippen LogP contribution in [0.25, 0.3) is 32.6 Å². The predicted molar refractivity (Wildman–Crippen MR) is 220 cm³/mol. The van der Waals surface area contributed by atoms with E-state index in [-0.39, 0.29) is 10.8 Å². The van der Waals surface area contributed by atoms with E-state index in [1.54, 1.807) is 32.6 Å². The zero-order valence-corrected chi connectivity index (χ0v) is 36.5. The molecule has 0 aromatic heterocycles. The van der Waals surface area contributed by atoms with E-state index in [4.69, 9.17) is 0 Å². The van der Waals surface area contributed by atoms with Gasteiger partial charge in [-0.1, -0.05) is 0 Å². The molecule has 0 N–H and O–H groups in total. The first kappa shape index (κ1) is 35.8. The number of hydrogen-bond acceptors (Lipinski definition) is 0. The summed E-state index contributed by atoms with van der Waals surface area (Å²) in [5.41, 5.74) is 19.1. The van der Waals surface area contributed by atoms with E-state index in [2.05, 4.69) is 163 Å². The molecule has 0 amide bonds. The first-order valence-electron chi connectivity index (χ1n) is 19.5. The van der Waals surface area contributed by atoms with Crippen LogP contribution in [0.4, 0.5) is 0 Å². The van der Waals surface area contributed by atoms with Gasteiger partial charge in [-0.15, -0.1) is 0 Å². The normalized spacial score (nSPS) is 20.5. The number of benzene rings is 4. The Hall–Kier alpha value is -2.54. The van der Waals surface area contributed by atoms with Gasteiger partial charge in [-0.25, -0.2) is 0 Å². The fourth-order valence-corrected chi connectivity index (χ4v) is 27.1. The molecule has 4 aromatic rings. The quantitative estimate of drug-likeness (QED) is 0.172. The van der Waals surface area contributed by atoms with Crippen LogP contribution in [0.5, 0.6) is 0 Å². The molecule has 2 aliphatic carbocycles. The van der Waals surface area contributed by atoms with E-state index in [0.717, 1.165) is 0 Å².